The van der Waals surface area contributed by atoms with Crippen LogP contribution in [0.3, 0.4) is 0 Å². The first-order valence-corrected chi connectivity index (χ1v) is 10.3. The predicted octanol–water partition coefficient (Wildman–Crippen LogP) is 2.76. The summed E-state index contributed by atoms with van der Waals surface area (Å²) >= 11 is 0. The first-order chi connectivity index (χ1) is 14.6. The Balaban J connectivity index is 1.24. The van der Waals surface area contributed by atoms with Crippen molar-refractivity contribution >= 4 is 5.97 Å². The lowest BCUT2D eigenvalue weighted by Gasteiger charge is -2.35. The molecule has 1 saturated carbocycles. The summed E-state index contributed by atoms with van der Waals surface area (Å²) in [5, 5.41) is 20.1. The highest BCUT2D eigenvalue weighted by atomic mass is 16.7. The number of nitrogens with zero attached hydrogens (tertiary/aromatic N) is 1. The molecule has 3 aliphatic rings. The van der Waals surface area contributed by atoms with Crippen LogP contribution in [0.2, 0.25) is 0 Å². The number of hydrogen-bond acceptors (Lipinski definition) is 6. The Morgan fingerprint density at radius 3 is 2.67 bits per heavy atom. The summed E-state index contributed by atoms with van der Waals surface area (Å²) in [5.74, 6) is 1.97. The standard InChI is InChI=1S/C23H25NO6/c25-19-7-15-11-24(10-14-3-1-2-4-18(14)23(26)27)12-16(15)8-21(19)30-17-5-6-20-22(9-17)29-13-28-20/h1-6,9,15-16,19,21,25H,7-8,10-13H2,(H,26,27)/t15-,16+,19+,21+/m0/s1. The summed E-state index contributed by atoms with van der Waals surface area (Å²) in [5.41, 5.74) is 1.19. The van der Waals surface area contributed by atoms with Crippen molar-refractivity contribution in [1.82, 2.24) is 4.90 Å². The second kappa shape index (κ2) is 7.81. The van der Waals surface area contributed by atoms with Gasteiger partial charge in [0.2, 0.25) is 6.79 Å². The van der Waals surface area contributed by atoms with E-state index in [0.29, 0.717) is 47.6 Å². The van der Waals surface area contributed by atoms with Gasteiger partial charge in [0.1, 0.15) is 11.9 Å². The van der Waals surface area contributed by atoms with E-state index < -0.39 is 12.1 Å². The Kier molecular flexibility index (Phi) is 5.00. The first kappa shape index (κ1) is 19.2. The number of rotatable bonds is 5. The molecule has 0 aromatic heterocycles. The van der Waals surface area contributed by atoms with E-state index in [9.17, 15) is 15.0 Å². The van der Waals surface area contributed by atoms with E-state index in [4.69, 9.17) is 14.2 Å². The number of aliphatic hydroxyl groups excluding tert-OH is 1. The van der Waals surface area contributed by atoms with Gasteiger partial charge in [-0.3, -0.25) is 4.90 Å². The number of carboxylic acid groups (broad SMARTS) is 1. The molecule has 5 rings (SSSR count). The number of carboxylic acids is 1. The number of fused-ring (bicyclic) bond motifs is 2. The van der Waals surface area contributed by atoms with Crippen molar-refractivity contribution in [2.24, 2.45) is 11.8 Å². The normalized spacial score (nSPS) is 27.6. The Labute approximate surface area is 174 Å². The van der Waals surface area contributed by atoms with Gasteiger partial charge in [-0.15, -0.1) is 0 Å². The molecule has 7 nitrogen and oxygen atoms in total. The van der Waals surface area contributed by atoms with Gasteiger partial charge in [-0.2, -0.15) is 0 Å². The van der Waals surface area contributed by atoms with E-state index in [2.05, 4.69) is 4.90 Å². The van der Waals surface area contributed by atoms with E-state index in [1.54, 1.807) is 12.1 Å². The molecule has 2 aromatic rings. The van der Waals surface area contributed by atoms with Gasteiger partial charge >= 0.3 is 5.97 Å². The minimum absolute atomic E-state index is 0.218. The second-order valence-electron chi connectivity index (χ2n) is 8.39. The van der Waals surface area contributed by atoms with Gasteiger partial charge in [-0.05, 0) is 48.4 Å². The summed E-state index contributed by atoms with van der Waals surface area (Å²) in [4.78, 5) is 13.8. The molecule has 2 heterocycles. The maximum absolute atomic E-state index is 11.5. The highest BCUT2D eigenvalue weighted by Crippen LogP contribution is 2.40. The number of carbonyl (C=O) groups is 1. The van der Waals surface area contributed by atoms with Crippen LogP contribution in [0.4, 0.5) is 0 Å². The zero-order chi connectivity index (χ0) is 20.7. The highest BCUT2D eigenvalue weighted by Gasteiger charge is 2.42. The van der Waals surface area contributed by atoms with Crippen LogP contribution in [0.15, 0.2) is 42.5 Å². The minimum Gasteiger partial charge on any atom is -0.488 e. The molecule has 4 atom stereocenters. The Morgan fingerprint density at radius 2 is 1.83 bits per heavy atom. The van der Waals surface area contributed by atoms with Crippen molar-refractivity contribution < 1.29 is 29.2 Å². The van der Waals surface area contributed by atoms with Crippen molar-refractivity contribution in [3.8, 4) is 17.2 Å². The Bertz CT molecular complexity index is 947. The third kappa shape index (κ3) is 3.70. The smallest absolute Gasteiger partial charge is 0.336 e. The average Bonchev–Trinajstić information content (AvgIpc) is 3.34. The summed E-state index contributed by atoms with van der Waals surface area (Å²) in [6, 6.07) is 12.6. The van der Waals surface area contributed by atoms with Gasteiger partial charge in [0.15, 0.2) is 11.5 Å². The summed E-state index contributed by atoms with van der Waals surface area (Å²) in [6.45, 7) is 2.58. The zero-order valence-electron chi connectivity index (χ0n) is 16.6. The topological polar surface area (TPSA) is 88.5 Å². The van der Waals surface area contributed by atoms with Crippen LogP contribution in [-0.2, 0) is 6.54 Å². The maximum atomic E-state index is 11.5. The fourth-order valence-corrected chi connectivity index (χ4v) is 4.98. The number of ether oxygens (including phenoxy) is 3. The number of benzene rings is 2. The third-order valence-corrected chi connectivity index (χ3v) is 6.43. The summed E-state index contributed by atoms with van der Waals surface area (Å²) in [6.07, 6.45) is 0.676. The minimum atomic E-state index is -0.894. The highest BCUT2D eigenvalue weighted by molar-refractivity contribution is 5.89. The number of likely N-dealkylation sites (tertiary alicyclic amines) is 1. The van der Waals surface area contributed by atoms with E-state index >= 15 is 0 Å². The zero-order valence-corrected chi connectivity index (χ0v) is 16.6. The van der Waals surface area contributed by atoms with Crippen LogP contribution in [0.5, 0.6) is 17.2 Å². The van der Waals surface area contributed by atoms with Gasteiger partial charge in [0, 0.05) is 25.7 Å². The van der Waals surface area contributed by atoms with E-state index in [0.717, 1.165) is 25.1 Å². The van der Waals surface area contributed by atoms with Crippen LogP contribution in [-0.4, -0.2) is 53.2 Å². The van der Waals surface area contributed by atoms with Crippen molar-refractivity contribution in [1.29, 1.82) is 0 Å². The lowest BCUT2D eigenvalue weighted by atomic mass is 9.78. The Hall–Kier alpha value is -2.77. The fraction of sp³-hybridized carbons (Fsp3) is 0.435. The van der Waals surface area contributed by atoms with E-state index in [1.807, 2.05) is 30.3 Å². The molecule has 2 N–H and O–H groups in total. The first-order valence-electron chi connectivity index (χ1n) is 10.3. The molecule has 2 aromatic carbocycles. The van der Waals surface area contributed by atoms with Crippen LogP contribution >= 0.6 is 0 Å². The van der Waals surface area contributed by atoms with E-state index in [1.165, 1.54) is 0 Å². The summed E-state index contributed by atoms with van der Waals surface area (Å²) in [7, 11) is 0. The lowest BCUT2D eigenvalue weighted by molar-refractivity contribution is -0.0232. The van der Waals surface area contributed by atoms with Crippen molar-refractivity contribution in [2.45, 2.75) is 31.6 Å². The van der Waals surface area contributed by atoms with Crippen molar-refractivity contribution in [2.75, 3.05) is 19.9 Å². The number of hydrogen-bond donors (Lipinski definition) is 2. The molecule has 0 bridgehead atoms. The molecule has 2 aliphatic heterocycles. The molecule has 0 amide bonds. The van der Waals surface area contributed by atoms with E-state index in [-0.39, 0.29) is 12.9 Å². The molecule has 2 fully saturated rings. The average molecular weight is 411 g/mol. The summed E-state index contributed by atoms with van der Waals surface area (Å²) < 4.78 is 16.9. The van der Waals surface area contributed by atoms with Gasteiger partial charge in [0.05, 0.1) is 11.7 Å². The largest absolute Gasteiger partial charge is 0.488 e. The molecule has 0 unspecified atom stereocenters. The fourth-order valence-electron chi connectivity index (χ4n) is 4.98. The molecule has 1 aliphatic carbocycles. The van der Waals surface area contributed by atoms with Gasteiger partial charge in [-0.1, -0.05) is 18.2 Å². The van der Waals surface area contributed by atoms with Crippen LogP contribution < -0.4 is 14.2 Å². The number of aromatic carboxylic acids is 1. The molecule has 1 saturated heterocycles. The lowest BCUT2D eigenvalue weighted by Crippen LogP contribution is -2.42. The second-order valence-corrected chi connectivity index (χ2v) is 8.39. The monoisotopic (exact) mass is 411 g/mol. The Morgan fingerprint density at radius 1 is 1.07 bits per heavy atom. The van der Waals surface area contributed by atoms with Gasteiger partial charge in [-0.25, -0.2) is 4.79 Å². The maximum Gasteiger partial charge on any atom is 0.336 e. The van der Waals surface area contributed by atoms with Gasteiger partial charge < -0.3 is 24.4 Å². The molecular weight excluding hydrogens is 386 g/mol. The van der Waals surface area contributed by atoms with Gasteiger partial charge in [0.25, 0.3) is 0 Å². The molecule has 30 heavy (non-hydrogen) atoms. The third-order valence-electron chi connectivity index (χ3n) is 6.43. The van der Waals surface area contributed by atoms with Crippen LogP contribution in [0.1, 0.15) is 28.8 Å². The molecule has 0 radical (unpaired) electrons. The molecular formula is C23H25NO6. The quantitative estimate of drug-likeness (QED) is 0.782. The van der Waals surface area contributed by atoms with Crippen molar-refractivity contribution in [3.63, 3.8) is 0 Å². The van der Waals surface area contributed by atoms with Crippen molar-refractivity contribution in [3.05, 3.63) is 53.6 Å². The number of aliphatic hydroxyl groups is 1. The molecule has 7 heteroatoms. The molecule has 158 valence electrons. The van der Waals surface area contributed by atoms with Crippen LogP contribution in [0.25, 0.3) is 0 Å². The molecule has 0 spiro atoms. The SMILES string of the molecule is O=C(O)c1ccccc1CN1C[C@H]2C[C@@H](Oc3ccc4c(c3)OCO4)[C@H](O)C[C@H]2C1. The predicted molar refractivity (Wildman–Crippen MR) is 108 cm³/mol. The van der Waals surface area contributed by atoms with Crippen LogP contribution in [0, 0.1) is 11.8 Å².